The molecule has 1 aromatic carbocycles. The molecule has 1 aromatic heterocycles. The molecule has 6 nitrogen and oxygen atoms in total. The van der Waals surface area contributed by atoms with Gasteiger partial charge in [-0.3, -0.25) is 0 Å². The summed E-state index contributed by atoms with van der Waals surface area (Å²) in [4.78, 5) is 7.58. The SMILES string of the molecule is Cc1nccc(CNS(=O)(=O)c2ccc(CN)cc2F)n1. The Morgan fingerprint density at radius 1 is 1.33 bits per heavy atom. The number of hydrogen-bond donors (Lipinski definition) is 2. The second kappa shape index (κ2) is 6.25. The molecule has 112 valence electrons. The van der Waals surface area contributed by atoms with E-state index in [9.17, 15) is 12.8 Å². The topological polar surface area (TPSA) is 98.0 Å². The lowest BCUT2D eigenvalue weighted by Crippen LogP contribution is -2.25. The van der Waals surface area contributed by atoms with E-state index in [4.69, 9.17) is 5.73 Å². The molecular formula is C13H15FN4O2S. The minimum Gasteiger partial charge on any atom is -0.326 e. The van der Waals surface area contributed by atoms with Crippen LogP contribution in [0.1, 0.15) is 17.1 Å². The maximum absolute atomic E-state index is 13.8. The number of sulfonamides is 1. The van der Waals surface area contributed by atoms with Gasteiger partial charge in [0, 0.05) is 12.7 Å². The van der Waals surface area contributed by atoms with E-state index >= 15 is 0 Å². The second-order valence-electron chi connectivity index (χ2n) is 4.39. The van der Waals surface area contributed by atoms with Gasteiger partial charge in [0.05, 0.1) is 12.2 Å². The summed E-state index contributed by atoms with van der Waals surface area (Å²) >= 11 is 0. The van der Waals surface area contributed by atoms with Crippen LogP contribution in [0.3, 0.4) is 0 Å². The zero-order valence-electron chi connectivity index (χ0n) is 11.4. The fraction of sp³-hybridized carbons (Fsp3) is 0.231. The van der Waals surface area contributed by atoms with Gasteiger partial charge in [0.15, 0.2) is 0 Å². The Morgan fingerprint density at radius 3 is 2.71 bits per heavy atom. The molecule has 0 unspecified atom stereocenters. The van der Waals surface area contributed by atoms with E-state index in [1.54, 1.807) is 13.0 Å². The highest BCUT2D eigenvalue weighted by atomic mass is 32.2. The van der Waals surface area contributed by atoms with Crippen molar-refractivity contribution in [3.05, 3.63) is 53.4 Å². The van der Waals surface area contributed by atoms with Gasteiger partial charge in [-0.1, -0.05) is 6.07 Å². The van der Waals surface area contributed by atoms with Crippen LogP contribution in [0.15, 0.2) is 35.4 Å². The molecule has 8 heteroatoms. The summed E-state index contributed by atoms with van der Waals surface area (Å²) in [6.07, 6.45) is 1.53. The van der Waals surface area contributed by atoms with Crippen molar-refractivity contribution < 1.29 is 12.8 Å². The fourth-order valence-corrected chi connectivity index (χ4v) is 2.80. The van der Waals surface area contributed by atoms with Crippen LogP contribution in [0.25, 0.3) is 0 Å². The molecule has 0 aliphatic rings. The highest BCUT2D eigenvalue weighted by Crippen LogP contribution is 2.16. The van der Waals surface area contributed by atoms with Crippen LogP contribution in [-0.2, 0) is 23.1 Å². The van der Waals surface area contributed by atoms with Gasteiger partial charge in [0.25, 0.3) is 0 Å². The maximum Gasteiger partial charge on any atom is 0.243 e. The summed E-state index contributed by atoms with van der Waals surface area (Å²) in [6, 6.07) is 5.38. The van der Waals surface area contributed by atoms with Crippen molar-refractivity contribution in [2.45, 2.75) is 24.9 Å². The van der Waals surface area contributed by atoms with E-state index in [0.717, 1.165) is 6.07 Å². The minimum absolute atomic E-state index is 0.0379. The van der Waals surface area contributed by atoms with Crippen LogP contribution in [0.4, 0.5) is 4.39 Å². The first-order valence-corrected chi connectivity index (χ1v) is 7.67. The van der Waals surface area contributed by atoms with Gasteiger partial charge in [-0.25, -0.2) is 27.5 Å². The molecular weight excluding hydrogens is 295 g/mol. The molecule has 2 rings (SSSR count). The predicted octanol–water partition coefficient (Wildman–Crippen LogP) is 0.861. The molecule has 2 aromatic rings. The Kier molecular flexibility index (Phi) is 4.61. The molecule has 0 aliphatic heterocycles. The standard InChI is InChI=1S/C13H15FN4O2S/c1-9-16-5-4-11(18-9)8-17-21(19,20)13-3-2-10(7-15)6-12(13)14/h2-6,17H,7-8,15H2,1H3. The van der Waals surface area contributed by atoms with Gasteiger partial charge in [0.1, 0.15) is 16.5 Å². The number of aromatic nitrogens is 2. The van der Waals surface area contributed by atoms with Gasteiger partial charge >= 0.3 is 0 Å². The summed E-state index contributed by atoms with van der Waals surface area (Å²) in [7, 11) is -3.95. The zero-order chi connectivity index (χ0) is 15.5. The van der Waals surface area contributed by atoms with Crippen LogP contribution in [0.5, 0.6) is 0 Å². The number of aryl methyl sites for hydroxylation is 1. The summed E-state index contributed by atoms with van der Waals surface area (Å²) in [5.74, 6) is -0.297. The summed E-state index contributed by atoms with van der Waals surface area (Å²) in [5, 5.41) is 0. The second-order valence-corrected chi connectivity index (χ2v) is 6.12. The lowest BCUT2D eigenvalue weighted by atomic mass is 10.2. The van der Waals surface area contributed by atoms with Crippen molar-refractivity contribution in [3.8, 4) is 0 Å². The van der Waals surface area contributed by atoms with Gasteiger partial charge in [-0.05, 0) is 30.7 Å². The van der Waals surface area contributed by atoms with Crippen LogP contribution in [0.2, 0.25) is 0 Å². The Morgan fingerprint density at radius 2 is 2.10 bits per heavy atom. The van der Waals surface area contributed by atoms with Crippen molar-refractivity contribution in [2.24, 2.45) is 5.73 Å². The number of nitrogens with zero attached hydrogens (tertiary/aromatic N) is 2. The van der Waals surface area contributed by atoms with Gasteiger partial charge in [-0.2, -0.15) is 0 Å². The number of halogens is 1. The molecule has 3 N–H and O–H groups in total. The first-order valence-electron chi connectivity index (χ1n) is 6.19. The van der Waals surface area contributed by atoms with E-state index in [1.165, 1.54) is 18.3 Å². The van der Waals surface area contributed by atoms with Crippen LogP contribution in [0, 0.1) is 12.7 Å². The third-order valence-electron chi connectivity index (χ3n) is 2.80. The Balaban J connectivity index is 2.19. The van der Waals surface area contributed by atoms with Crippen molar-refractivity contribution >= 4 is 10.0 Å². The minimum atomic E-state index is -3.95. The zero-order valence-corrected chi connectivity index (χ0v) is 12.2. The van der Waals surface area contributed by atoms with Crippen LogP contribution < -0.4 is 10.5 Å². The van der Waals surface area contributed by atoms with Crippen molar-refractivity contribution in [2.75, 3.05) is 0 Å². The van der Waals surface area contributed by atoms with Crippen LogP contribution in [-0.4, -0.2) is 18.4 Å². The van der Waals surface area contributed by atoms with E-state index < -0.39 is 20.7 Å². The van der Waals surface area contributed by atoms with E-state index in [1.807, 2.05) is 0 Å². The normalized spacial score (nSPS) is 11.6. The van der Waals surface area contributed by atoms with Crippen LogP contribution >= 0.6 is 0 Å². The highest BCUT2D eigenvalue weighted by Gasteiger charge is 2.19. The average molecular weight is 310 g/mol. The number of benzene rings is 1. The Labute approximate surface area is 122 Å². The molecule has 0 saturated heterocycles. The molecule has 0 atom stereocenters. The molecule has 0 radical (unpaired) electrons. The molecule has 0 amide bonds. The van der Waals surface area contributed by atoms with E-state index in [0.29, 0.717) is 17.1 Å². The van der Waals surface area contributed by atoms with Gasteiger partial charge < -0.3 is 5.73 Å². The van der Waals surface area contributed by atoms with Gasteiger partial charge in [-0.15, -0.1) is 0 Å². The number of rotatable bonds is 5. The summed E-state index contributed by atoms with van der Waals surface area (Å²) < 4.78 is 40.3. The largest absolute Gasteiger partial charge is 0.326 e. The predicted molar refractivity (Wildman–Crippen MR) is 75.1 cm³/mol. The molecule has 0 fully saturated rings. The fourth-order valence-electron chi connectivity index (χ4n) is 1.74. The average Bonchev–Trinajstić information content (AvgIpc) is 2.45. The van der Waals surface area contributed by atoms with Crippen molar-refractivity contribution in [1.29, 1.82) is 0 Å². The smallest absolute Gasteiger partial charge is 0.243 e. The van der Waals surface area contributed by atoms with Gasteiger partial charge in [0.2, 0.25) is 10.0 Å². The lowest BCUT2D eigenvalue weighted by Gasteiger charge is -2.08. The third-order valence-corrected chi connectivity index (χ3v) is 4.23. The van der Waals surface area contributed by atoms with E-state index in [-0.39, 0.29) is 13.1 Å². The highest BCUT2D eigenvalue weighted by molar-refractivity contribution is 7.89. The van der Waals surface area contributed by atoms with Crippen molar-refractivity contribution in [1.82, 2.24) is 14.7 Å². The first-order chi connectivity index (χ1) is 9.92. The summed E-state index contributed by atoms with van der Waals surface area (Å²) in [6.45, 7) is 1.80. The first kappa shape index (κ1) is 15.5. The molecule has 0 bridgehead atoms. The summed E-state index contributed by atoms with van der Waals surface area (Å²) in [5.41, 5.74) is 6.41. The molecule has 0 aliphatic carbocycles. The number of nitrogens with two attached hydrogens (primary N) is 1. The molecule has 1 heterocycles. The Bertz CT molecular complexity index is 750. The molecule has 0 saturated carbocycles. The number of hydrogen-bond acceptors (Lipinski definition) is 5. The lowest BCUT2D eigenvalue weighted by molar-refractivity contribution is 0.555. The quantitative estimate of drug-likeness (QED) is 0.853. The van der Waals surface area contributed by atoms with E-state index in [2.05, 4.69) is 14.7 Å². The maximum atomic E-state index is 13.8. The van der Waals surface area contributed by atoms with Crippen molar-refractivity contribution in [3.63, 3.8) is 0 Å². The third kappa shape index (κ3) is 3.81. The molecule has 21 heavy (non-hydrogen) atoms. The molecule has 0 spiro atoms. The monoisotopic (exact) mass is 310 g/mol. The Hall–Kier alpha value is -1.90. The number of nitrogens with one attached hydrogen (secondary N) is 1.